The van der Waals surface area contributed by atoms with Crippen molar-refractivity contribution in [3.05, 3.63) is 34.6 Å². The van der Waals surface area contributed by atoms with Crippen LogP contribution in [0.5, 0.6) is 0 Å². The minimum atomic E-state index is -0.196. The maximum absolute atomic E-state index is 13.7. The average molecular weight is 271 g/mol. The summed E-state index contributed by atoms with van der Waals surface area (Å²) in [6, 6.07) is 4.90. The summed E-state index contributed by atoms with van der Waals surface area (Å²) >= 11 is 6.07. The zero-order valence-corrected chi connectivity index (χ0v) is 11.5. The van der Waals surface area contributed by atoms with Gasteiger partial charge in [0.15, 0.2) is 0 Å². The molecule has 1 N–H and O–H groups in total. The molecule has 1 saturated heterocycles. The van der Waals surface area contributed by atoms with E-state index in [2.05, 4.69) is 10.2 Å². The molecule has 0 aliphatic carbocycles. The number of halogens is 2. The van der Waals surface area contributed by atoms with Gasteiger partial charge in [-0.1, -0.05) is 17.7 Å². The summed E-state index contributed by atoms with van der Waals surface area (Å²) in [5.41, 5.74) is 0.629. The van der Waals surface area contributed by atoms with Crippen molar-refractivity contribution in [1.29, 1.82) is 0 Å². The highest BCUT2D eigenvalue weighted by molar-refractivity contribution is 6.31. The quantitative estimate of drug-likeness (QED) is 0.905. The first-order valence-electron chi connectivity index (χ1n) is 6.50. The van der Waals surface area contributed by atoms with Crippen molar-refractivity contribution in [2.24, 2.45) is 5.92 Å². The van der Waals surface area contributed by atoms with Gasteiger partial charge in [-0.2, -0.15) is 0 Å². The van der Waals surface area contributed by atoms with Gasteiger partial charge in [0, 0.05) is 23.7 Å². The Hall–Kier alpha value is -0.640. The summed E-state index contributed by atoms with van der Waals surface area (Å²) in [5, 5.41) is 3.75. The minimum absolute atomic E-state index is 0.196. The van der Waals surface area contributed by atoms with E-state index in [9.17, 15) is 4.39 Å². The van der Waals surface area contributed by atoms with Crippen molar-refractivity contribution >= 4 is 11.6 Å². The standard InChI is InChI=1S/C14H20ClFN2/c1-17-8-11-4-3-7-18(9-11)10-12-13(15)5-2-6-14(12)16/h2,5-6,11,17H,3-4,7-10H2,1H3. The first kappa shape index (κ1) is 13.8. The Kier molecular flexibility index (Phi) is 4.98. The van der Waals surface area contributed by atoms with E-state index in [4.69, 9.17) is 11.6 Å². The smallest absolute Gasteiger partial charge is 0.129 e. The number of nitrogens with one attached hydrogen (secondary N) is 1. The van der Waals surface area contributed by atoms with E-state index in [-0.39, 0.29) is 5.82 Å². The number of hydrogen-bond acceptors (Lipinski definition) is 2. The summed E-state index contributed by atoms with van der Waals surface area (Å²) in [7, 11) is 1.98. The zero-order valence-electron chi connectivity index (χ0n) is 10.8. The first-order valence-corrected chi connectivity index (χ1v) is 6.88. The van der Waals surface area contributed by atoms with Gasteiger partial charge in [-0.05, 0) is 51.0 Å². The Morgan fingerprint density at radius 3 is 3.06 bits per heavy atom. The van der Waals surface area contributed by atoms with E-state index < -0.39 is 0 Å². The second-order valence-electron chi connectivity index (χ2n) is 5.00. The molecule has 1 heterocycles. The fourth-order valence-electron chi connectivity index (χ4n) is 2.66. The molecule has 1 aliphatic rings. The molecule has 4 heteroatoms. The number of benzene rings is 1. The van der Waals surface area contributed by atoms with Crippen molar-refractivity contribution in [3.8, 4) is 0 Å². The number of hydrogen-bond donors (Lipinski definition) is 1. The lowest BCUT2D eigenvalue weighted by Crippen LogP contribution is -2.38. The minimum Gasteiger partial charge on any atom is -0.319 e. The van der Waals surface area contributed by atoms with Crippen LogP contribution in [0.4, 0.5) is 4.39 Å². The van der Waals surface area contributed by atoms with Crippen LogP contribution in [0.3, 0.4) is 0 Å². The number of rotatable bonds is 4. The fraction of sp³-hybridized carbons (Fsp3) is 0.571. The van der Waals surface area contributed by atoms with Gasteiger partial charge in [0.1, 0.15) is 5.82 Å². The van der Waals surface area contributed by atoms with Crippen molar-refractivity contribution in [2.45, 2.75) is 19.4 Å². The molecule has 0 aromatic heterocycles. The Morgan fingerprint density at radius 1 is 1.50 bits per heavy atom. The van der Waals surface area contributed by atoms with Crippen LogP contribution in [0, 0.1) is 11.7 Å². The molecule has 1 unspecified atom stereocenters. The van der Waals surface area contributed by atoms with Gasteiger partial charge < -0.3 is 5.32 Å². The topological polar surface area (TPSA) is 15.3 Å². The van der Waals surface area contributed by atoms with Gasteiger partial charge >= 0.3 is 0 Å². The Bertz CT molecular complexity index is 375. The van der Waals surface area contributed by atoms with Crippen LogP contribution in [-0.2, 0) is 6.54 Å². The lowest BCUT2D eigenvalue weighted by atomic mass is 9.97. The highest BCUT2D eigenvalue weighted by atomic mass is 35.5. The highest BCUT2D eigenvalue weighted by Gasteiger charge is 2.21. The molecule has 0 spiro atoms. The SMILES string of the molecule is CNCC1CCCN(Cc2c(F)cccc2Cl)C1. The van der Waals surface area contributed by atoms with Crippen molar-refractivity contribution in [2.75, 3.05) is 26.7 Å². The van der Waals surface area contributed by atoms with Gasteiger partial charge in [-0.3, -0.25) is 4.90 Å². The van der Waals surface area contributed by atoms with Crippen LogP contribution in [-0.4, -0.2) is 31.6 Å². The molecule has 100 valence electrons. The molecular weight excluding hydrogens is 251 g/mol. The van der Waals surface area contributed by atoms with Gasteiger partial charge in [0.05, 0.1) is 0 Å². The van der Waals surface area contributed by atoms with E-state index in [1.54, 1.807) is 12.1 Å². The first-order chi connectivity index (χ1) is 8.70. The molecule has 0 bridgehead atoms. The predicted octanol–water partition coefficient (Wildman–Crippen LogP) is 2.91. The summed E-state index contributed by atoms with van der Waals surface area (Å²) in [6.45, 7) is 3.70. The third kappa shape index (κ3) is 3.44. The summed E-state index contributed by atoms with van der Waals surface area (Å²) in [6.07, 6.45) is 2.43. The molecule has 1 atom stereocenters. The molecule has 1 fully saturated rings. The second-order valence-corrected chi connectivity index (χ2v) is 5.41. The number of nitrogens with zero attached hydrogens (tertiary/aromatic N) is 1. The van der Waals surface area contributed by atoms with Crippen molar-refractivity contribution in [1.82, 2.24) is 10.2 Å². The van der Waals surface area contributed by atoms with Gasteiger partial charge in [-0.15, -0.1) is 0 Å². The Balaban J connectivity index is 2.00. The van der Waals surface area contributed by atoms with Crippen molar-refractivity contribution < 1.29 is 4.39 Å². The van der Waals surface area contributed by atoms with E-state index in [1.165, 1.54) is 18.9 Å². The molecule has 1 aromatic rings. The molecule has 2 nitrogen and oxygen atoms in total. The third-order valence-electron chi connectivity index (χ3n) is 3.54. The lowest BCUT2D eigenvalue weighted by Gasteiger charge is -2.32. The largest absolute Gasteiger partial charge is 0.319 e. The van der Waals surface area contributed by atoms with Crippen LogP contribution in [0.1, 0.15) is 18.4 Å². The normalized spacial score (nSPS) is 21.2. The molecule has 0 amide bonds. The van der Waals surface area contributed by atoms with Crippen LogP contribution >= 0.6 is 11.6 Å². The lowest BCUT2D eigenvalue weighted by molar-refractivity contribution is 0.165. The molecule has 1 aromatic carbocycles. The molecule has 18 heavy (non-hydrogen) atoms. The monoisotopic (exact) mass is 270 g/mol. The highest BCUT2D eigenvalue weighted by Crippen LogP contribution is 2.23. The molecule has 0 saturated carbocycles. The second kappa shape index (κ2) is 6.50. The van der Waals surface area contributed by atoms with E-state index >= 15 is 0 Å². The predicted molar refractivity (Wildman–Crippen MR) is 73.3 cm³/mol. The maximum Gasteiger partial charge on any atom is 0.129 e. The third-order valence-corrected chi connectivity index (χ3v) is 3.89. The zero-order chi connectivity index (χ0) is 13.0. The Labute approximate surface area is 113 Å². The molecule has 2 rings (SSSR count). The maximum atomic E-state index is 13.7. The fourth-order valence-corrected chi connectivity index (χ4v) is 2.88. The summed E-state index contributed by atoms with van der Waals surface area (Å²) in [4.78, 5) is 2.30. The molecule has 0 radical (unpaired) electrons. The van der Waals surface area contributed by atoms with Crippen molar-refractivity contribution in [3.63, 3.8) is 0 Å². The van der Waals surface area contributed by atoms with Gasteiger partial charge in [0.2, 0.25) is 0 Å². The van der Waals surface area contributed by atoms with E-state index in [1.807, 2.05) is 7.05 Å². The van der Waals surface area contributed by atoms with Crippen LogP contribution in [0.2, 0.25) is 5.02 Å². The summed E-state index contributed by atoms with van der Waals surface area (Å²) < 4.78 is 13.7. The number of piperidine rings is 1. The summed E-state index contributed by atoms with van der Waals surface area (Å²) in [5.74, 6) is 0.465. The van der Waals surface area contributed by atoms with Crippen LogP contribution in [0.15, 0.2) is 18.2 Å². The van der Waals surface area contributed by atoms with Gasteiger partial charge in [-0.25, -0.2) is 4.39 Å². The molecule has 1 aliphatic heterocycles. The number of likely N-dealkylation sites (tertiary alicyclic amines) is 1. The Morgan fingerprint density at radius 2 is 2.33 bits per heavy atom. The average Bonchev–Trinajstić information content (AvgIpc) is 2.35. The van der Waals surface area contributed by atoms with Gasteiger partial charge in [0.25, 0.3) is 0 Å². The molecular formula is C14H20ClFN2. The van der Waals surface area contributed by atoms with E-state index in [0.29, 0.717) is 23.0 Å². The van der Waals surface area contributed by atoms with Crippen LogP contribution in [0.25, 0.3) is 0 Å². The van der Waals surface area contributed by atoms with E-state index in [0.717, 1.165) is 19.6 Å². The van der Waals surface area contributed by atoms with Crippen LogP contribution < -0.4 is 5.32 Å².